The molecule has 0 bridgehead atoms. The lowest BCUT2D eigenvalue weighted by molar-refractivity contribution is -0.123. The molecule has 1 saturated heterocycles. The second-order valence-electron chi connectivity index (χ2n) is 6.88. The van der Waals surface area contributed by atoms with Crippen molar-refractivity contribution in [1.82, 2.24) is 14.5 Å². The van der Waals surface area contributed by atoms with Crippen molar-refractivity contribution >= 4 is 38.9 Å². The van der Waals surface area contributed by atoms with Crippen LogP contribution >= 0.6 is 22.9 Å². The molecule has 2 fully saturated rings. The minimum absolute atomic E-state index is 0.169. The van der Waals surface area contributed by atoms with Crippen molar-refractivity contribution in [3.8, 4) is 6.07 Å². The fraction of sp³-hybridized carbons (Fsp3) is 0.625. The third kappa shape index (κ3) is 4.21. The lowest BCUT2D eigenvalue weighted by Crippen LogP contribution is -2.54. The molecule has 1 atom stereocenters. The normalized spacial score (nSPS) is 21.7. The summed E-state index contributed by atoms with van der Waals surface area (Å²) in [5.74, 6) is 0.0401. The van der Waals surface area contributed by atoms with Gasteiger partial charge >= 0.3 is 0 Å². The molecule has 0 radical (unpaired) electrons. The number of nitriles is 1. The van der Waals surface area contributed by atoms with Gasteiger partial charge in [-0.05, 0) is 37.8 Å². The summed E-state index contributed by atoms with van der Waals surface area (Å²) in [6.45, 7) is 3.52. The van der Waals surface area contributed by atoms with Gasteiger partial charge in [0.25, 0.3) is 10.0 Å². The van der Waals surface area contributed by atoms with Gasteiger partial charge in [0, 0.05) is 26.2 Å². The molecule has 2 aliphatic rings. The molecule has 1 amide bonds. The van der Waals surface area contributed by atoms with Crippen molar-refractivity contribution in [3.05, 3.63) is 16.5 Å². The maximum Gasteiger partial charge on any atom is 0.252 e. The molecule has 1 aromatic rings. The van der Waals surface area contributed by atoms with E-state index in [1.165, 1.54) is 10.4 Å². The van der Waals surface area contributed by atoms with E-state index in [0.717, 1.165) is 24.2 Å². The van der Waals surface area contributed by atoms with Gasteiger partial charge in [0.05, 0.1) is 17.0 Å². The molecule has 1 aliphatic carbocycles. The highest BCUT2D eigenvalue weighted by Gasteiger charge is 2.43. The van der Waals surface area contributed by atoms with E-state index in [2.05, 4.69) is 11.4 Å². The second kappa shape index (κ2) is 7.44. The molecule has 1 N–H and O–H groups in total. The standard InChI is InChI=1S/C16H21ClN4O3S2/c1-16(11-18,12-2-3-12)19-14(22)10-20-6-8-21(9-7-20)26(23,24)15-5-4-13(17)25-15/h4-5,12H,2-3,6-10H2,1H3,(H,19,22). The molecule has 3 rings (SSSR count). The summed E-state index contributed by atoms with van der Waals surface area (Å²) >= 11 is 6.88. The Morgan fingerprint density at radius 2 is 2.04 bits per heavy atom. The Hall–Kier alpha value is -1.18. The first-order chi connectivity index (χ1) is 12.2. The molecule has 0 spiro atoms. The maximum absolute atomic E-state index is 12.6. The number of nitrogens with one attached hydrogen (secondary N) is 1. The lowest BCUT2D eigenvalue weighted by atomic mass is 9.98. The SMILES string of the molecule is CC(C#N)(NC(=O)CN1CCN(S(=O)(=O)c2ccc(Cl)s2)CC1)C1CC1. The smallest absolute Gasteiger partial charge is 0.252 e. The number of thiophene rings is 1. The molecule has 142 valence electrons. The van der Waals surface area contributed by atoms with Crippen molar-refractivity contribution in [2.45, 2.75) is 29.5 Å². The fourth-order valence-electron chi connectivity index (χ4n) is 3.11. The van der Waals surface area contributed by atoms with Crippen LogP contribution in [-0.2, 0) is 14.8 Å². The average Bonchev–Trinajstić information content (AvgIpc) is 3.37. The largest absolute Gasteiger partial charge is 0.337 e. The molecule has 2 heterocycles. The zero-order valence-corrected chi connectivity index (χ0v) is 16.8. The summed E-state index contributed by atoms with van der Waals surface area (Å²) in [5.41, 5.74) is -0.805. The Morgan fingerprint density at radius 3 is 2.54 bits per heavy atom. The Kier molecular flexibility index (Phi) is 5.61. The van der Waals surface area contributed by atoms with Crippen LogP contribution in [-0.4, -0.2) is 61.8 Å². The molecule has 1 saturated carbocycles. The van der Waals surface area contributed by atoms with Crippen LogP contribution in [0.5, 0.6) is 0 Å². The number of sulfonamides is 1. The van der Waals surface area contributed by atoms with E-state index in [4.69, 9.17) is 11.6 Å². The van der Waals surface area contributed by atoms with Gasteiger partial charge in [-0.1, -0.05) is 11.6 Å². The van der Waals surface area contributed by atoms with Crippen LogP contribution in [0.15, 0.2) is 16.3 Å². The van der Waals surface area contributed by atoms with Crippen LogP contribution < -0.4 is 5.32 Å². The topological polar surface area (TPSA) is 93.5 Å². The van der Waals surface area contributed by atoms with Crippen LogP contribution in [0.25, 0.3) is 0 Å². The third-order valence-electron chi connectivity index (χ3n) is 4.87. The number of hydrogen-bond donors (Lipinski definition) is 1. The first-order valence-electron chi connectivity index (χ1n) is 8.45. The molecule has 1 aromatic heterocycles. The molecule has 7 nitrogen and oxygen atoms in total. The summed E-state index contributed by atoms with van der Waals surface area (Å²) < 4.78 is 27.3. The quantitative estimate of drug-likeness (QED) is 0.758. The number of amides is 1. The molecule has 0 aromatic carbocycles. The predicted octanol–water partition coefficient (Wildman–Crippen LogP) is 1.52. The number of nitrogens with zero attached hydrogens (tertiary/aromatic N) is 3. The van der Waals surface area contributed by atoms with Gasteiger partial charge < -0.3 is 5.32 Å². The van der Waals surface area contributed by atoms with E-state index >= 15 is 0 Å². The van der Waals surface area contributed by atoms with Gasteiger partial charge in [0.15, 0.2) is 0 Å². The average molecular weight is 417 g/mol. The van der Waals surface area contributed by atoms with Crippen LogP contribution in [0.3, 0.4) is 0 Å². The van der Waals surface area contributed by atoms with Gasteiger partial charge in [0.1, 0.15) is 9.75 Å². The number of carbonyl (C=O) groups excluding carboxylic acids is 1. The summed E-state index contributed by atoms with van der Waals surface area (Å²) in [7, 11) is -3.53. The summed E-state index contributed by atoms with van der Waals surface area (Å²) in [5, 5.41) is 12.2. The summed E-state index contributed by atoms with van der Waals surface area (Å²) in [6.07, 6.45) is 1.93. The van der Waals surface area contributed by atoms with E-state index in [9.17, 15) is 18.5 Å². The van der Waals surface area contributed by atoms with Gasteiger partial charge in [-0.15, -0.1) is 11.3 Å². The molecular weight excluding hydrogens is 396 g/mol. The van der Waals surface area contributed by atoms with E-state index in [1.807, 2.05) is 4.90 Å². The second-order valence-corrected chi connectivity index (χ2v) is 10.8. The monoisotopic (exact) mass is 416 g/mol. The van der Waals surface area contributed by atoms with Crippen molar-refractivity contribution in [2.24, 2.45) is 5.92 Å². The number of halogens is 1. The molecule has 10 heteroatoms. The van der Waals surface area contributed by atoms with Gasteiger partial charge in [0.2, 0.25) is 5.91 Å². The van der Waals surface area contributed by atoms with Gasteiger partial charge in [-0.25, -0.2) is 8.42 Å². The van der Waals surface area contributed by atoms with Crippen LogP contribution in [0.4, 0.5) is 0 Å². The maximum atomic E-state index is 12.6. The molecule has 26 heavy (non-hydrogen) atoms. The molecular formula is C16H21ClN4O3S2. The van der Waals surface area contributed by atoms with E-state index in [-0.39, 0.29) is 22.6 Å². The fourth-order valence-corrected chi connectivity index (χ4v) is 6.17. The Morgan fingerprint density at radius 1 is 1.38 bits per heavy atom. The third-order valence-corrected chi connectivity index (χ3v) is 8.46. The minimum Gasteiger partial charge on any atom is -0.337 e. The van der Waals surface area contributed by atoms with Crippen LogP contribution in [0, 0.1) is 17.2 Å². The van der Waals surface area contributed by atoms with Gasteiger partial charge in [-0.3, -0.25) is 9.69 Å². The van der Waals surface area contributed by atoms with E-state index in [0.29, 0.717) is 30.5 Å². The Bertz CT molecular complexity index is 823. The zero-order valence-electron chi connectivity index (χ0n) is 14.4. The Labute approximate surface area is 162 Å². The highest BCUT2D eigenvalue weighted by molar-refractivity contribution is 7.91. The number of hydrogen-bond acceptors (Lipinski definition) is 6. The van der Waals surface area contributed by atoms with Crippen LogP contribution in [0.2, 0.25) is 4.34 Å². The number of carbonyl (C=O) groups is 1. The highest BCUT2D eigenvalue weighted by Crippen LogP contribution is 2.39. The zero-order chi connectivity index (χ0) is 18.9. The van der Waals surface area contributed by atoms with Crippen molar-refractivity contribution in [1.29, 1.82) is 5.26 Å². The van der Waals surface area contributed by atoms with Gasteiger partial charge in [-0.2, -0.15) is 9.57 Å². The van der Waals surface area contributed by atoms with Crippen LogP contribution in [0.1, 0.15) is 19.8 Å². The van der Waals surface area contributed by atoms with Crippen molar-refractivity contribution in [2.75, 3.05) is 32.7 Å². The first-order valence-corrected chi connectivity index (χ1v) is 11.1. The molecule has 1 aliphatic heterocycles. The molecule has 1 unspecified atom stereocenters. The summed E-state index contributed by atoms with van der Waals surface area (Å²) in [4.78, 5) is 14.2. The highest BCUT2D eigenvalue weighted by atomic mass is 35.5. The van der Waals surface area contributed by atoms with Crippen molar-refractivity contribution < 1.29 is 13.2 Å². The lowest BCUT2D eigenvalue weighted by Gasteiger charge is -2.34. The minimum atomic E-state index is -3.53. The predicted molar refractivity (Wildman–Crippen MR) is 99.4 cm³/mol. The summed E-state index contributed by atoms with van der Waals surface area (Å²) in [6, 6.07) is 5.30. The van der Waals surface area contributed by atoms with Crippen molar-refractivity contribution in [3.63, 3.8) is 0 Å². The Balaban J connectivity index is 1.52. The number of rotatable bonds is 6. The van der Waals surface area contributed by atoms with E-state index < -0.39 is 15.6 Å². The first kappa shape index (κ1) is 19.6. The van der Waals surface area contributed by atoms with E-state index in [1.54, 1.807) is 13.0 Å². The number of piperazine rings is 1.